The van der Waals surface area contributed by atoms with Crippen molar-refractivity contribution in [3.05, 3.63) is 29.1 Å². The van der Waals surface area contributed by atoms with Crippen molar-refractivity contribution in [2.24, 2.45) is 23.2 Å². The van der Waals surface area contributed by atoms with E-state index in [4.69, 9.17) is 18.8 Å². The van der Waals surface area contributed by atoms with Crippen molar-refractivity contribution in [3.63, 3.8) is 0 Å². The zero-order chi connectivity index (χ0) is 19.0. The van der Waals surface area contributed by atoms with E-state index in [0.29, 0.717) is 17.1 Å². The van der Waals surface area contributed by atoms with Crippen LogP contribution in [0, 0.1) is 29.0 Å². The third-order valence-corrected chi connectivity index (χ3v) is 9.17. The molecule has 0 radical (unpaired) electrons. The molecule has 8 atom stereocenters. The molecule has 6 fully saturated rings. The van der Waals surface area contributed by atoms with Crippen molar-refractivity contribution < 1.29 is 28.0 Å². The summed E-state index contributed by atoms with van der Waals surface area (Å²) in [6.07, 6.45) is 2.21. The average Bonchev–Trinajstić information content (AvgIpc) is 3.49. The quantitative estimate of drug-likeness (QED) is 0.581. The van der Waals surface area contributed by atoms with E-state index in [0.717, 1.165) is 23.8 Å². The number of hydrogen-bond donors (Lipinski definition) is 0. The molecule has 0 amide bonds. The lowest BCUT2D eigenvalue weighted by Gasteiger charge is -2.63. The van der Waals surface area contributed by atoms with Crippen molar-refractivity contribution >= 4 is 13.1 Å². The summed E-state index contributed by atoms with van der Waals surface area (Å²) in [5.74, 6) is 0.676. The Morgan fingerprint density at radius 1 is 1.14 bits per heavy atom. The number of cyclic esters (lactones) is 1. The zero-order valence-electron chi connectivity index (χ0n) is 16.0. The molecule has 1 aromatic rings. The van der Waals surface area contributed by atoms with E-state index in [1.165, 1.54) is 12.5 Å². The van der Waals surface area contributed by atoms with Crippen LogP contribution >= 0.6 is 0 Å². The Morgan fingerprint density at radius 2 is 1.96 bits per heavy atom. The SMILES string of the molecule is CC1(C)OC(=O)c2c(F)ccc([C@@H]3C[C@@H]3B3OC45C6C7CC([C@]764)[C@]5(C)O3)c2O1. The van der Waals surface area contributed by atoms with E-state index < -0.39 is 17.6 Å². The topological polar surface area (TPSA) is 54.0 Å². The first-order valence-electron chi connectivity index (χ1n) is 10.4. The molecule has 7 heteroatoms. The van der Waals surface area contributed by atoms with Gasteiger partial charge in [0, 0.05) is 31.0 Å². The van der Waals surface area contributed by atoms with Crippen molar-refractivity contribution in [2.45, 2.75) is 62.3 Å². The number of ether oxygens (including phenoxy) is 2. The summed E-state index contributed by atoms with van der Waals surface area (Å²) >= 11 is 0. The molecule has 8 rings (SSSR count). The molecule has 1 saturated heterocycles. The Kier molecular flexibility index (Phi) is 2.05. The minimum Gasteiger partial charge on any atom is -0.451 e. The van der Waals surface area contributed by atoms with Gasteiger partial charge in [0.25, 0.3) is 0 Å². The molecule has 5 saturated carbocycles. The highest BCUT2D eigenvalue weighted by Gasteiger charge is 3.16. The van der Waals surface area contributed by atoms with Gasteiger partial charge < -0.3 is 18.8 Å². The lowest BCUT2D eigenvalue weighted by Crippen LogP contribution is -2.71. The first-order valence-corrected chi connectivity index (χ1v) is 10.4. The molecule has 2 spiro atoms. The fraction of sp³-hybridized carbons (Fsp3) is 0.667. The van der Waals surface area contributed by atoms with Crippen LogP contribution < -0.4 is 4.74 Å². The van der Waals surface area contributed by atoms with Crippen LogP contribution in [0.25, 0.3) is 0 Å². The number of fused-ring (bicyclic) bond motifs is 3. The van der Waals surface area contributed by atoms with E-state index in [-0.39, 0.29) is 35.6 Å². The second kappa shape index (κ2) is 3.76. The highest BCUT2D eigenvalue weighted by atomic mass is 19.1. The molecule has 2 heterocycles. The van der Waals surface area contributed by atoms with Crippen LogP contribution in [-0.2, 0) is 14.0 Å². The molecule has 0 N–H and O–H groups in total. The predicted octanol–water partition coefficient (Wildman–Crippen LogP) is 3.28. The molecular formula is C21H20BFO5. The fourth-order valence-electron chi connectivity index (χ4n) is 8.08. The van der Waals surface area contributed by atoms with Gasteiger partial charge in [0.05, 0.1) is 11.2 Å². The first-order chi connectivity index (χ1) is 13.3. The van der Waals surface area contributed by atoms with Crippen molar-refractivity contribution in [1.82, 2.24) is 0 Å². The van der Waals surface area contributed by atoms with Crippen LogP contribution in [0.1, 0.15) is 55.5 Å². The number of carbonyl (C=O) groups is 1. The normalized spacial score (nSPS) is 54.1. The molecule has 144 valence electrons. The Bertz CT molecular complexity index is 1040. The molecule has 0 bridgehead atoms. The Morgan fingerprint density at radius 3 is 2.68 bits per heavy atom. The monoisotopic (exact) mass is 382 g/mol. The molecule has 5 nitrogen and oxygen atoms in total. The minimum atomic E-state index is -1.11. The van der Waals surface area contributed by atoms with E-state index in [1.807, 2.05) is 0 Å². The molecular weight excluding hydrogens is 362 g/mol. The van der Waals surface area contributed by atoms with Gasteiger partial charge in [0.2, 0.25) is 5.79 Å². The van der Waals surface area contributed by atoms with E-state index in [1.54, 1.807) is 19.9 Å². The number of hydrogen-bond acceptors (Lipinski definition) is 5. The van der Waals surface area contributed by atoms with Crippen LogP contribution in [-0.4, -0.2) is 30.1 Å². The summed E-state index contributed by atoms with van der Waals surface area (Å²) < 4.78 is 38.5. The largest absolute Gasteiger partial charge is 0.461 e. The van der Waals surface area contributed by atoms with Crippen LogP contribution in [0.4, 0.5) is 4.39 Å². The van der Waals surface area contributed by atoms with Gasteiger partial charge in [-0.1, -0.05) is 6.07 Å². The van der Waals surface area contributed by atoms with Gasteiger partial charge in [-0.2, -0.15) is 0 Å². The molecule has 28 heavy (non-hydrogen) atoms. The summed E-state index contributed by atoms with van der Waals surface area (Å²) in [6.45, 7) is 5.57. The summed E-state index contributed by atoms with van der Waals surface area (Å²) in [4.78, 5) is 12.3. The maximum absolute atomic E-state index is 14.3. The van der Waals surface area contributed by atoms with Gasteiger partial charge in [-0.15, -0.1) is 0 Å². The van der Waals surface area contributed by atoms with Crippen LogP contribution in [0.3, 0.4) is 0 Å². The Hall–Kier alpha value is -1.60. The summed E-state index contributed by atoms with van der Waals surface area (Å²) in [7, 11) is -0.201. The number of halogens is 1. The summed E-state index contributed by atoms with van der Waals surface area (Å²) in [5.41, 5.74) is 1.17. The van der Waals surface area contributed by atoms with Gasteiger partial charge in [-0.05, 0) is 49.1 Å². The highest BCUT2D eigenvalue weighted by Crippen LogP contribution is 3.10. The predicted molar refractivity (Wildman–Crippen MR) is 94.2 cm³/mol. The van der Waals surface area contributed by atoms with Crippen molar-refractivity contribution in [2.75, 3.05) is 0 Å². The molecule has 1 aromatic carbocycles. The van der Waals surface area contributed by atoms with Crippen LogP contribution in [0.2, 0.25) is 5.82 Å². The van der Waals surface area contributed by atoms with E-state index >= 15 is 0 Å². The third-order valence-electron chi connectivity index (χ3n) is 9.17. The van der Waals surface area contributed by atoms with Gasteiger partial charge >= 0.3 is 13.1 Å². The maximum Gasteiger partial charge on any atom is 0.461 e. The molecule has 7 aliphatic rings. The minimum absolute atomic E-state index is 0.00983. The van der Waals surface area contributed by atoms with Crippen LogP contribution in [0.15, 0.2) is 12.1 Å². The smallest absolute Gasteiger partial charge is 0.451 e. The number of rotatable bonds is 2. The molecule has 5 aliphatic carbocycles. The number of benzene rings is 1. The molecule has 4 unspecified atom stereocenters. The van der Waals surface area contributed by atoms with Gasteiger partial charge in [0.15, 0.2) is 0 Å². The van der Waals surface area contributed by atoms with Crippen molar-refractivity contribution in [1.29, 1.82) is 0 Å². The second-order valence-corrected chi connectivity index (χ2v) is 10.5. The number of carbonyl (C=O) groups excluding carboxylic acids is 1. The summed E-state index contributed by atoms with van der Waals surface area (Å²) in [5, 5.41) is 0. The fourth-order valence-corrected chi connectivity index (χ4v) is 8.08. The molecule has 0 aromatic heterocycles. The maximum atomic E-state index is 14.3. The third kappa shape index (κ3) is 1.20. The lowest BCUT2D eigenvalue weighted by atomic mass is 9.46. The highest BCUT2D eigenvalue weighted by molar-refractivity contribution is 6.49. The van der Waals surface area contributed by atoms with Gasteiger partial charge in [0.1, 0.15) is 17.1 Å². The molecule has 2 aliphatic heterocycles. The lowest BCUT2D eigenvalue weighted by molar-refractivity contribution is -0.231. The van der Waals surface area contributed by atoms with Gasteiger partial charge in [-0.25, -0.2) is 9.18 Å². The first kappa shape index (κ1) is 15.3. The average molecular weight is 382 g/mol. The standard InChI is InChI=1S/C21H20BFO5/c1-18(2)25-15-8(4-5-12(23)14(15)17(24)26-18)9-6-11(9)22-27-19(3)13-7-10-16-20(10,13)21(16,19)28-22/h4-5,9-11,13,16H,6-7H2,1-3H3/t9-,10?,11-,13?,16?,19-,20+,21?/m0/s1. The Balaban J connectivity index is 1.12. The Labute approximate surface area is 162 Å². The summed E-state index contributed by atoms with van der Waals surface area (Å²) in [6, 6.07) is 3.08. The van der Waals surface area contributed by atoms with E-state index in [2.05, 4.69) is 6.92 Å². The zero-order valence-corrected chi connectivity index (χ0v) is 16.0. The number of esters is 1. The van der Waals surface area contributed by atoms with Crippen molar-refractivity contribution in [3.8, 4) is 5.75 Å². The van der Waals surface area contributed by atoms with Crippen LogP contribution in [0.5, 0.6) is 5.75 Å². The van der Waals surface area contributed by atoms with Gasteiger partial charge in [-0.3, -0.25) is 0 Å². The van der Waals surface area contributed by atoms with E-state index in [9.17, 15) is 9.18 Å². The second-order valence-electron chi connectivity index (χ2n) is 10.5.